The minimum Gasteiger partial charge on any atom is -0.367 e. The molecule has 11 heteroatoms. The highest BCUT2D eigenvalue weighted by Gasteiger charge is 2.27. The Morgan fingerprint density at radius 2 is 1.91 bits per heavy atom. The summed E-state index contributed by atoms with van der Waals surface area (Å²) < 4.78 is 41.0. The number of hydrogen-bond acceptors (Lipinski definition) is 6. The van der Waals surface area contributed by atoms with Gasteiger partial charge in [-0.3, -0.25) is 9.59 Å². The van der Waals surface area contributed by atoms with Crippen LogP contribution in [0.15, 0.2) is 29.1 Å². The van der Waals surface area contributed by atoms with Crippen LogP contribution in [0.3, 0.4) is 0 Å². The fourth-order valence-electron chi connectivity index (χ4n) is 3.02. The molecule has 178 valence electrons. The quantitative estimate of drug-likeness (QED) is 0.449. The maximum atomic E-state index is 12.4. The van der Waals surface area contributed by atoms with Crippen molar-refractivity contribution in [3.8, 4) is 0 Å². The highest BCUT2D eigenvalue weighted by molar-refractivity contribution is 7.99. The number of alkyl halides is 3. The number of nitrogens with zero attached hydrogens (tertiary/aromatic N) is 1. The number of carbonyl (C=O) groups excluding carboxylic acids is 1. The average Bonchev–Trinajstić information content (AvgIpc) is 3.04. The van der Waals surface area contributed by atoms with E-state index in [2.05, 4.69) is 20.0 Å². The molecule has 6 nitrogen and oxygen atoms in total. The summed E-state index contributed by atoms with van der Waals surface area (Å²) in [5, 5.41) is 3.09. The summed E-state index contributed by atoms with van der Waals surface area (Å²) in [6.07, 6.45) is -4.35. The molecule has 0 fully saturated rings. The zero-order valence-electron chi connectivity index (χ0n) is 18.3. The van der Waals surface area contributed by atoms with Crippen LogP contribution in [0.2, 0.25) is 0 Å². The number of halogens is 3. The maximum Gasteiger partial charge on any atom is 0.411 e. The minimum absolute atomic E-state index is 0.133. The van der Waals surface area contributed by atoms with Crippen molar-refractivity contribution in [1.29, 1.82) is 0 Å². The number of rotatable bonds is 9. The molecule has 33 heavy (non-hydrogen) atoms. The summed E-state index contributed by atoms with van der Waals surface area (Å²) >= 11 is 2.85. The van der Waals surface area contributed by atoms with Crippen LogP contribution < -0.4 is 10.9 Å². The van der Waals surface area contributed by atoms with E-state index in [4.69, 9.17) is 0 Å². The smallest absolute Gasteiger partial charge is 0.367 e. The van der Waals surface area contributed by atoms with Gasteiger partial charge in [0.15, 0.2) is 0 Å². The molecule has 1 atom stereocenters. The molecule has 2 aromatic heterocycles. The van der Waals surface area contributed by atoms with E-state index >= 15 is 0 Å². The van der Waals surface area contributed by atoms with Gasteiger partial charge >= 0.3 is 6.18 Å². The van der Waals surface area contributed by atoms with E-state index in [0.29, 0.717) is 33.9 Å². The van der Waals surface area contributed by atoms with Crippen LogP contribution in [-0.4, -0.2) is 33.9 Å². The van der Waals surface area contributed by atoms with Gasteiger partial charge in [0.05, 0.1) is 23.0 Å². The molecule has 0 aliphatic carbocycles. The Morgan fingerprint density at radius 3 is 2.58 bits per heavy atom. The number of H-pyrrole nitrogens is 1. The summed E-state index contributed by atoms with van der Waals surface area (Å²) in [7, 11) is 0. The predicted octanol–water partition coefficient (Wildman–Crippen LogP) is 4.62. The number of fused-ring (bicyclic) bond motifs is 1. The van der Waals surface area contributed by atoms with Crippen molar-refractivity contribution in [2.45, 2.75) is 51.1 Å². The van der Waals surface area contributed by atoms with Crippen molar-refractivity contribution >= 4 is 39.2 Å². The van der Waals surface area contributed by atoms with E-state index in [1.54, 1.807) is 31.2 Å². The first-order valence-corrected chi connectivity index (χ1v) is 12.0. The zero-order valence-corrected chi connectivity index (χ0v) is 20.0. The second-order valence-electron chi connectivity index (χ2n) is 7.57. The van der Waals surface area contributed by atoms with Crippen molar-refractivity contribution < 1.29 is 22.7 Å². The molecule has 0 aliphatic rings. The molecule has 3 aromatic rings. The zero-order chi connectivity index (χ0) is 24.2. The van der Waals surface area contributed by atoms with Gasteiger partial charge in [0.1, 0.15) is 17.3 Å². The van der Waals surface area contributed by atoms with Gasteiger partial charge in [0.2, 0.25) is 5.91 Å². The van der Waals surface area contributed by atoms with Crippen LogP contribution in [0.25, 0.3) is 10.2 Å². The Bertz CT molecular complexity index is 1170. The van der Waals surface area contributed by atoms with Crippen LogP contribution in [0, 0.1) is 13.8 Å². The van der Waals surface area contributed by atoms with Gasteiger partial charge in [-0.1, -0.05) is 24.3 Å². The molecule has 0 bridgehead atoms. The van der Waals surface area contributed by atoms with Crippen LogP contribution in [0.1, 0.15) is 34.3 Å². The molecule has 1 unspecified atom stereocenters. The van der Waals surface area contributed by atoms with Gasteiger partial charge in [-0.25, -0.2) is 4.98 Å². The monoisotopic (exact) mass is 499 g/mol. The second-order valence-corrected chi connectivity index (χ2v) is 10.1. The molecular formula is C22H24F3N3O3S2. The van der Waals surface area contributed by atoms with E-state index < -0.39 is 12.8 Å². The standard InChI is InChI=1S/C22H24F3N3O3S2/c1-12-13(2)33-21-18(12)20(30)27-17(28-21)10-32-14(3)19(29)26-8-15-4-6-16(7-5-15)9-31-11-22(23,24)25/h4-7,14H,8-11H2,1-3H3,(H,26,29)(H,27,28,30). The topological polar surface area (TPSA) is 84.1 Å². The predicted molar refractivity (Wildman–Crippen MR) is 124 cm³/mol. The summed E-state index contributed by atoms with van der Waals surface area (Å²) in [4.78, 5) is 33.9. The summed E-state index contributed by atoms with van der Waals surface area (Å²) in [5.74, 6) is 0.758. The van der Waals surface area contributed by atoms with Gasteiger partial charge in [0, 0.05) is 11.4 Å². The number of carbonyl (C=O) groups is 1. The second kappa shape index (κ2) is 10.7. The third-order valence-corrected chi connectivity index (χ3v) is 7.21. The molecular weight excluding hydrogens is 475 g/mol. The lowest BCUT2D eigenvalue weighted by atomic mass is 10.1. The normalized spacial score (nSPS) is 12.8. The molecule has 0 aliphatic heterocycles. The van der Waals surface area contributed by atoms with Crippen molar-refractivity contribution in [1.82, 2.24) is 15.3 Å². The van der Waals surface area contributed by atoms with Gasteiger partial charge in [0.25, 0.3) is 5.56 Å². The number of aromatic amines is 1. The van der Waals surface area contributed by atoms with Crippen molar-refractivity contribution in [3.05, 3.63) is 62.0 Å². The first-order valence-electron chi connectivity index (χ1n) is 10.1. The summed E-state index contributed by atoms with van der Waals surface area (Å²) in [6.45, 7) is 4.51. The van der Waals surface area contributed by atoms with E-state index in [9.17, 15) is 22.8 Å². The molecule has 0 spiro atoms. The van der Waals surface area contributed by atoms with Crippen molar-refractivity contribution in [2.24, 2.45) is 0 Å². The third kappa shape index (κ3) is 7.05. The van der Waals surface area contributed by atoms with E-state index in [-0.39, 0.29) is 23.3 Å². The number of ether oxygens (including phenoxy) is 1. The number of aryl methyl sites for hydroxylation is 2. The molecule has 1 aromatic carbocycles. The fourth-order valence-corrected chi connectivity index (χ4v) is 4.85. The van der Waals surface area contributed by atoms with Gasteiger partial charge in [-0.15, -0.1) is 23.1 Å². The molecule has 2 heterocycles. The van der Waals surface area contributed by atoms with E-state index in [1.165, 1.54) is 23.1 Å². The highest BCUT2D eigenvalue weighted by atomic mass is 32.2. The van der Waals surface area contributed by atoms with Crippen LogP contribution in [0.5, 0.6) is 0 Å². The van der Waals surface area contributed by atoms with Crippen molar-refractivity contribution in [3.63, 3.8) is 0 Å². The number of thioether (sulfide) groups is 1. The molecule has 1 amide bonds. The van der Waals surface area contributed by atoms with E-state index in [0.717, 1.165) is 16.0 Å². The first kappa shape index (κ1) is 25.3. The van der Waals surface area contributed by atoms with Gasteiger partial charge in [-0.05, 0) is 37.5 Å². The van der Waals surface area contributed by atoms with Gasteiger partial charge in [-0.2, -0.15) is 13.2 Å². The summed E-state index contributed by atoms with van der Waals surface area (Å²) in [5.41, 5.74) is 2.22. The Morgan fingerprint density at radius 1 is 1.24 bits per heavy atom. The minimum atomic E-state index is -4.35. The number of thiophene rings is 1. The number of aromatic nitrogens is 2. The average molecular weight is 500 g/mol. The third-order valence-electron chi connectivity index (χ3n) is 4.95. The number of hydrogen-bond donors (Lipinski definition) is 2. The number of nitrogens with one attached hydrogen (secondary N) is 2. The SMILES string of the molecule is Cc1sc2nc(CSC(C)C(=O)NCc3ccc(COCC(F)(F)F)cc3)[nH]c(=O)c2c1C. The van der Waals surface area contributed by atoms with Crippen LogP contribution in [0.4, 0.5) is 13.2 Å². The Kier molecular flexibility index (Phi) is 8.19. The van der Waals surface area contributed by atoms with Crippen LogP contribution in [-0.2, 0) is 28.4 Å². The van der Waals surface area contributed by atoms with Crippen molar-refractivity contribution in [2.75, 3.05) is 6.61 Å². The Hall–Kier alpha value is -2.37. The molecule has 2 N–H and O–H groups in total. The van der Waals surface area contributed by atoms with E-state index in [1.807, 2.05) is 13.8 Å². The molecule has 0 radical (unpaired) electrons. The lowest BCUT2D eigenvalue weighted by Crippen LogP contribution is -2.30. The highest BCUT2D eigenvalue weighted by Crippen LogP contribution is 2.26. The molecule has 0 saturated carbocycles. The lowest BCUT2D eigenvalue weighted by molar-refractivity contribution is -0.176. The fraction of sp³-hybridized carbons (Fsp3) is 0.409. The maximum absolute atomic E-state index is 12.4. The first-order chi connectivity index (χ1) is 15.5. The summed E-state index contributed by atoms with van der Waals surface area (Å²) in [6, 6.07) is 6.81. The molecule has 0 saturated heterocycles. The van der Waals surface area contributed by atoms with Crippen LogP contribution >= 0.6 is 23.1 Å². The Labute approximate surface area is 197 Å². The number of amides is 1. The largest absolute Gasteiger partial charge is 0.411 e. The number of benzene rings is 1. The van der Waals surface area contributed by atoms with Gasteiger partial charge < -0.3 is 15.0 Å². The molecule has 3 rings (SSSR count). The Balaban J connectivity index is 1.47. The lowest BCUT2D eigenvalue weighted by Gasteiger charge is -2.12.